The number of nitrogens with zero attached hydrogens (tertiary/aromatic N) is 6. The number of halogens is 4. The number of alkyl halides is 3. The molecule has 2 atom stereocenters. The van der Waals surface area contributed by atoms with Crippen molar-refractivity contribution >= 4 is 21.7 Å². The molecule has 9 nitrogen and oxygen atoms in total. The van der Waals surface area contributed by atoms with Crippen LogP contribution < -0.4 is 5.73 Å². The summed E-state index contributed by atoms with van der Waals surface area (Å²) in [6, 6.07) is 5.73. The Morgan fingerprint density at radius 2 is 2.09 bits per heavy atom. The van der Waals surface area contributed by atoms with Crippen molar-refractivity contribution in [1.29, 1.82) is 5.26 Å². The maximum absolute atomic E-state index is 14.8. The van der Waals surface area contributed by atoms with Crippen LogP contribution in [0.4, 0.5) is 17.6 Å². The van der Waals surface area contributed by atoms with Crippen LogP contribution in [0, 0.1) is 24.1 Å². The highest BCUT2D eigenvalue weighted by atomic mass is 32.2. The smallest absolute Gasteiger partial charge is 0.369 e. The summed E-state index contributed by atoms with van der Waals surface area (Å²) in [5.74, 6) is -2.63. The van der Waals surface area contributed by atoms with Gasteiger partial charge in [-0.05, 0) is 37.6 Å². The van der Waals surface area contributed by atoms with E-state index in [9.17, 15) is 26.6 Å². The molecule has 0 bridgehead atoms. The molecular weight excluding hydrogens is 490 g/mol. The van der Waals surface area contributed by atoms with Crippen LogP contribution in [0.1, 0.15) is 39.9 Å². The first-order valence-electron chi connectivity index (χ1n) is 10.1. The number of guanidine groups is 1. The topological polar surface area (TPSA) is 138 Å². The lowest BCUT2D eigenvalue weighted by Crippen LogP contribution is -2.55. The van der Waals surface area contributed by atoms with Crippen LogP contribution in [0.25, 0.3) is 0 Å². The third-order valence-corrected chi connectivity index (χ3v) is 7.78. The van der Waals surface area contributed by atoms with Crippen LogP contribution in [0.2, 0.25) is 0 Å². The number of ketones is 1. The molecule has 0 fully saturated rings. The van der Waals surface area contributed by atoms with Gasteiger partial charge in [-0.15, -0.1) is 0 Å². The summed E-state index contributed by atoms with van der Waals surface area (Å²) < 4.78 is 71.2. The molecule has 2 aromatic heterocycles. The van der Waals surface area contributed by atoms with Gasteiger partial charge in [0, 0.05) is 18.9 Å². The van der Waals surface area contributed by atoms with Gasteiger partial charge in [0.25, 0.3) is 0 Å². The Hall–Kier alpha value is -3.60. The summed E-state index contributed by atoms with van der Waals surface area (Å²) in [5, 5.41) is 8.95. The normalized spacial score (nSPS) is 22.3. The minimum Gasteiger partial charge on any atom is -0.369 e. The van der Waals surface area contributed by atoms with Crippen molar-refractivity contribution in [2.75, 3.05) is 19.3 Å². The van der Waals surface area contributed by atoms with Crippen LogP contribution in [0.5, 0.6) is 0 Å². The average molecular weight is 512 g/mol. The first-order chi connectivity index (χ1) is 16.2. The van der Waals surface area contributed by atoms with E-state index in [2.05, 4.69) is 19.3 Å². The van der Waals surface area contributed by atoms with Crippen molar-refractivity contribution in [3.05, 3.63) is 58.4 Å². The molecular formula is C21H21F4N7O2S. The van der Waals surface area contributed by atoms with Crippen molar-refractivity contribution in [2.45, 2.75) is 32.0 Å². The summed E-state index contributed by atoms with van der Waals surface area (Å²) in [4.78, 5) is 25.0. The second-order valence-electron chi connectivity index (χ2n) is 8.06. The molecule has 0 amide bonds. The number of carbonyl (C=O) groups excluding carboxylic acids is 1. The zero-order valence-corrected chi connectivity index (χ0v) is 19.7. The molecule has 0 aliphatic carbocycles. The van der Waals surface area contributed by atoms with Crippen molar-refractivity contribution in [1.82, 2.24) is 14.3 Å². The van der Waals surface area contributed by atoms with E-state index in [1.807, 2.05) is 6.07 Å². The molecule has 2 unspecified atom stereocenters. The lowest BCUT2D eigenvalue weighted by Gasteiger charge is -2.38. The van der Waals surface area contributed by atoms with Crippen LogP contribution in [-0.4, -0.2) is 55.7 Å². The zero-order chi connectivity index (χ0) is 26.2. The van der Waals surface area contributed by atoms with E-state index in [1.54, 1.807) is 6.92 Å². The molecule has 1 aliphatic rings. The van der Waals surface area contributed by atoms with E-state index in [1.165, 1.54) is 25.3 Å². The number of aromatic nitrogens is 2. The predicted molar refractivity (Wildman–Crippen MR) is 119 cm³/mol. The maximum Gasteiger partial charge on any atom is 0.407 e. The van der Waals surface area contributed by atoms with Gasteiger partial charge in [-0.2, -0.15) is 18.4 Å². The number of nitriles is 1. The number of Topliss-reactive ketones (excluding diaryl/α,β-unsaturated/α-hetero) is 1. The fourth-order valence-corrected chi connectivity index (χ4v) is 5.79. The fraction of sp³-hybridized carbons (Fsp3) is 0.381. The SMILES string of the molecule is CN=S1(=O)CC(C)(c2nc(CC(=O)c3ncc(C#N)cc3C)ccc2F)N=C(N)N1CC(F)(F)F. The third-order valence-electron chi connectivity index (χ3n) is 5.27. The highest BCUT2D eigenvalue weighted by molar-refractivity contribution is 7.92. The largest absolute Gasteiger partial charge is 0.407 e. The summed E-state index contributed by atoms with van der Waals surface area (Å²) in [5.41, 5.74) is 4.68. The van der Waals surface area contributed by atoms with Crippen LogP contribution in [-0.2, 0) is 21.9 Å². The van der Waals surface area contributed by atoms with Crippen molar-refractivity contribution in [3.8, 4) is 6.07 Å². The quantitative estimate of drug-likeness (QED) is 0.484. The van der Waals surface area contributed by atoms with E-state index >= 15 is 0 Å². The van der Waals surface area contributed by atoms with Gasteiger partial charge in [0.1, 0.15) is 45.3 Å². The van der Waals surface area contributed by atoms with Crippen molar-refractivity contribution in [2.24, 2.45) is 15.1 Å². The van der Waals surface area contributed by atoms with Crippen molar-refractivity contribution < 1.29 is 26.6 Å². The standard InChI is InChI=1S/C21H21F4N7O2S/c1-12-6-13(8-26)9-29-17(12)16(33)7-14-4-5-15(22)18(30-14)20(2)11-35(34,28-3)32(19(27)31-20)10-21(23,24)25/h4-6,9H,7,10-11H2,1-3H3,(H2,27,31). The molecule has 186 valence electrons. The number of nitrogens with two attached hydrogens (primary N) is 1. The van der Waals surface area contributed by atoms with Gasteiger partial charge in [0.15, 0.2) is 5.78 Å². The molecule has 3 heterocycles. The van der Waals surface area contributed by atoms with E-state index < -0.39 is 51.5 Å². The molecule has 3 rings (SSSR count). The number of hydrogen-bond acceptors (Lipinski definition) is 8. The van der Waals surface area contributed by atoms with E-state index in [0.29, 0.717) is 9.87 Å². The first-order valence-corrected chi connectivity index (χ1v) is 11.7. The Labute approximate surface area is 199 Å². The Morgan fingerprint density at radius 1 is 1.40 bits per heavy atom. The van der Waals surface area contributed by atoms with Gasteiger partial charge < -0.3 is 5.73 Å². The number of aryl methyl sites for hydroxylation is 1. The molecule has 0 radical (unpaired) electrons. The summed E-state index contributed by atoms with van der Waals surface area (Å²) in [6.45, 7) is 1.30. The molecule has 0 saturated heterocycles. The summed E-state index contributed by atoms with van der Waals surface area (Å²) in [7, 11) is -2.66. The molecule has 0 aromatic carbocycles. The second kappa shape index (κ2) is 9.21. The van der Waals surface area contributed by atoms with Gasteiger partial charge in [0.05, 0.1) is 17.7 Å². The molecule has 0 spiro atoms. The Morgan fingerprint density at radius 3 is 2.66 bits per heavy atom. The molecule has 2 N–H and O–H groups in total. The summed E-state index contributed by atoms with van der Waals surface area (Å²) >= 11 is 0. The van der Waals surface area contributed by atoms with Gasteiger partial charge in [-0.3, -0.25) is 14.8 Å². The number of rotatable bonds is 5. The van der Waals surface area contributed by atoms with Crippen LogP contribution >= 0.6 is 0 Å². The van der Waals surface area contributed by atoms with Gasteiger partial charge in [-0.1, -0.05) is 0 Å². The lowest BCUT2D eigenvalue weighted by molar-refractivity contribution is -0.130. The first kappa shape index (κ1) is 26.0. The van der Waals surface area contributed by atoms with Crippen LogP contribution in [0.15, 0.2) is 33.8 Å². The minimum atomic E-state index is -4.73. The Balaban J connectivity index is 2.00. The highest BCUT2D eigenvalue weighted by Gasteiger charge is 2.46. The minimum absolute atomic E-state index is 0.110. The molecule has 2 aromatic rings. The highest BCUT2D eigenvalue weighted by Crippen LogP contribution is 2.35. The third kappa shape index (κ3) is 5.40. The van der Waals surface area contributed by atoms with Crippen LogP contribution in [0.3, 0.4) is 0 Å². The number of pyridine rings is 2. The Bertz CT molecular complexity index is 1380. The van der Waals surface area contributed by atoms with E-state index in [-0.39, 0.29) is 29.1 Å². The zero-order valence-electron chi connectivity index (χ0n) is 18.9. The molecule has 14 heteroatoms. The predicted octanol–water partition coefficient (Wildman–Crippen LogP) is 2.64. The van der Waals surface area contributed by atoms with Gasteiger partial charge in [0.2, 0.25) is 5.96 Å². The number of hydrogen-bond donors (Lipinski definition) is 1. The molecule has 0 saturated carbocycles. The lowest BCUT2D eigenvalue weighted by atomic mass is 9.98. The fourth-order valence-electron chi connectivity index (χ4n) is 3.69. The molecule has 35 heavy (non-hydrogen) atoms. The Kier molecular flexibility index (Phi) is 6.85. The monoisotopic (exact) mass is 511 g/mol. The van der Waals surface area contributed by atoms with E-state index in [4.69, 9.17) is 11.0 Å². The molecule has 1 aliphatic heterocycles. The summed E-state index contributed by atoms with van der Waals surface area (Å²) in [6.07, 6.45) is -3.76. The van der Waals surface area contributed by atoms with Crippen molar-refractivity contribution in [3.63, 3.8) is 0 Å². The van der Waals surface area contributed by atoms with Gasteiger partial charge >= 0.3 is 6.18 Å². The number of carbonyl (C=O) groups is 1. The maximum atomic E-state index is 14.8. The van der Waals surface area contributed by atoms with Gasteiger partial charge in [-0.25, -0.2) is 22.3 Å². The second-order valence-corrected chi connectivity index (χ2v) is 10.4. The average Bonchev–Trinajstić information content (AvgIpc) is 2.76. The number of aliphatic imine (C=N–C) groups is 1. The van der Waals surface area contributed by atoms with E-state index in [0.717, 1.165) is 13.1 Å².